The van der Waals surface area contributed by atoms with Gasteiger partial charge in [-0.05, 0) is 22.8 Å². The largest absolute Gasteiger partial charge is 0.394 e. The normalized spacial score (nSPS) is 23.9. The number of aliphatic hydroxyl groups excluding tert-OH is 1. The molecular weight excluding hydrogens is 358 g/mol. The van der Waals surface area contributed by atoms with E-state index in [9.17, 15) is 14.7 Å². The monoisotopic (exact) mass is 381 g/mol. The molecule has 3 atom stereocenters. The second kappa shape index (κ2) is 7.69. The number of carbonyl (C=O) groups excluding carboxylic acids is 2. The van der Waals surface area contributed by atoms with Crippen molar-refractivity contribution in [2.75, 3.05) is 33.4 Å². The lowest BCUT2D eigenvalue weighted by atomic mass is 9.73. The molecule has 0 radical (unpaired) electrons. The molecule has 2 amide bonds. The summed E-state index contributed by atoms with van der Waals surface area (Å²) in [6.45, 7) is 0.374. The number of methoxy groups -OCH3 is 1. The van der Waals surface area contributed by atoms with Gasteiger partial charge in [-0.2, -0.15) is 0 Å². The average molecular weight is 381 g/mol. The molecule has 4 rings (SSSR count). The zero-order valence-electron chi connectivity index (χ0n) is 15.7. The summed E-state index contributed by atoms with van der Waals surface area (Å²) < 4.78 is 4.92. The lowest BCUT2D eigenvalue weighted by Crippen LogP contribution is -2.73. The predicted molar refractivity (Wildman–Crippen MR) is 102 cm³/mol. The number of pyridine rings is 1. The van der Waals surface area contributed by atoms with Gasteiger partial charge in [-0.15, -0.1) is 0 Å². The molecule has 0 unspecified atom stereocenters. The molecule has 1 N–H and O–H groups in total. The summed E-state index contributed by atoms with van der Waals surface area (Å²) >= 11 is 0. The minimum atomic E-state index is -0.249. The van der Waals surface area contributed by atoms with E-state index in [1.54, 1.807) is 16.0 Å². The molecule has 2 aliphatic rings. The first-order valence-electron chi connectivity index (χ1n) is 9.33. The van der Waals surface area contributed by atoms with Gasteiger partial charge in [0.15, 0.2) is 0 Å². The molecule has 0 bridgehead atoms. The molecule has 28 heavy (non-hydrogen) atoms. The number of amides is 2. The van der Waals surface area contributed by atoms with Crippen LogP contribution >= 0.6 is 0 Å². The summed E-state index contributed by atoms with van der Waals surface area (Å²) in [4.78, 5) is 32.2. The third-order valence-electron chi connectivity index (χ3n) is 5.66. The molecule has 1 aromatic heterocycles. The summed E-state index contributed by atoms with van der Waals surface area (Å²) in [6, 6.07) is 11.7. The van der Waals surface area contributed by atoms with Crippen molar-refractivity contribution in [1.82, 2.24) is 14.8 Å². The molecule has 3 heterocycles. The Morgan fingerprint density at radius 2 is 2.04 bits per heavy atom. The van der Waals surface area contributed by atoms with E-state index in [2.05, 4.69) is 4.98 Å². The van der Waals surface area contributed by atoms with Gasteiger partial charge in [0.25, 0.3) is 0 Å². The van der Waals surface area contributed by atoms with E-state index in [0.717, 1.165) is 16.7 Å². The SMILES string of the molecule is COCC(=O)N1CC(=O)N2[C@H](CO)[C@@H](c3ccc(-c4cccnc4)cc3)[C@@H]2C1. The Labute approximate surface area is 163 Å². The highest BCUT2D eigenvalue weighted by Crippen LogP contribution is 2.43. The number of hydrogen-bond acceptors (Lipinski definition) is 5. The molecule has 7 heteroatoms. The van der Waals surface area contributed by atoms with Gasteiger partial charge in [-0.3, -0.25) is 14.6 Å². The van der Waals surface area contributed by atoms with Crippen molar-refractivity contribution in [2.24, 2.45) is 0 Å². The Morgan fingerprint density at radius 3 is 2.68 bits per heavy atom. The van der Waals surface area contributed by atoms with Crippen LogP contribution in [0.5, 0.6) is 0 Å². The van der Waals surface area contributed by atoms with Gasteiger partial charge in [0.2, 0.25) is 11.8 Å². The van der Waals surface area contributed by atoms with E-state index >= 15 is 0 Å². The van der Waals surface area contributed by atoms with E-state index in [1.807, 2.05) is 42.6 Å². The predicted octanol–water partition coefficient (Wildman–Crippen LogP) is 0.893. The second-order valence-corrected chi connectivity index (χ2v) is 7.22. The third kappa shape index (κ3) is 3.16. The van der Waals surface area contributed by atoms with Crippen LogP contribution in [0.3, 0.4) is 0 Å². The second-order valence-electron chi connectivity index (χ2n) is 7.22. The van der Waals surface area contributed by atoms with E-state index in [1.165, 1.54) is 7.11 Å². The average Bonchev–Trinajstić information content (AvgIpc) is 2.71. The minimum absolute atomic E-state index is 0.00459. The van der Waals surface area contributed by atoms with Gasteiger partial charge in [0.1, 0.15) is 6.61 Å². The Morgan fingerprint density at radius 1 is 1.25 bits per heavy atom. The van der Waals surface area contributed by atoms with Crippen LogP contribution in [0.25, 0.3) is 11.1 Å². The standard InChI is InChI=1S/C21H23N3O4/c1-28-13-20(27)23-10-17-21(18(12-25)24(17)19(26)11-23)15-6-4-14(5-7-15)16-3-2-8-22-9-16/h2-9,17-18,21,25H,10-13H2,1H3/t17-,18+,21-/m0/s1. The van der Waals surface area contributed by atoms with Gasteiger partial charge >= 0.3 is 0 Å². The number of fused-ring (bicyclic) bond motifs is 1. The fourth-order valence-corrected chi connectivity index (χ4v) is 4.34. The van der Waals surface area contributed by atoms with Gasteiger partial charge in [-0.1, -0.05) is 30.3 Å². The number of aromatic nitrogens is 1. The van der Waals surface area contributed by atoms with Crippen molar-refractivity contribution in [3.63, 3.8) is 0 Å². The molecule has 0 aliphatic carbocycles. The highest BCUT2D eigenvalue weighted by molar-refractivity contribution is 5.88. The topological polar surface area (TPSA) is 83.0 Å². The number of nitrogens with zero attached hydrogens (tertiary/aromatic N) is 3. The van der Waals surface area contributed by atoms with Crippen LogP contribution in [0, 0.1) is 0 Å². The Kier molecular flexibility index (Phi) is 5.11. The maximum Gasteiger partial charge on any atom is 0.249 e. The number of carbonyl (C=O) groups is 2. The third-order valence-corrected chi connectivity index (χ3v) is 5.66. The van der Waals surface area contributed by atoms with Crippen LogP contribution in [0.2, 0.25) is 0 Å². The van der Waals surface area contributed by atoms with Gasteiger partial charge in [-0.25, -0.2) is 0 Å². The Hall–Kier alpha value is -2.77. The van der Waals surface area contributed by atoms with Crippen molar-refractivity contribution in [1.29, 1.82) is 0 Å². The van der Waals surface area contributed by atoms with Crippen LogP contribution < -0.4 is 0 Å². The summed E-state index contributed by atoms with van der Waals surface area (Å²) in [5.74, 6) is -0.313. The summed E-state index contributed by atoms with van der Waals surface area (Å²) in [5.41, 5.74) is 3.15. The highest BCUT2D eigenvalue weighted by atomic mass is 16.5. The van der Waals surface area contributed by atoms with E-state index in [4.69, 9.17) is 4.74 Å². The first-order chi connectivity index (χ1) is 13.6. The molecule has 2 aromatic rings. The smallest absolute Gasteiger partial charge is 0.249 e. The number of rotatable bonds is 5. The van der Waals surface area contributed by atoms with Crippen LogP contribution in [0.1, 0.15) is 11.5 Å². The minimum Gasteiger partial charge on any atom is -0.394 e. The van der Waals surface area contributed by atoms with Crippen LogP contribution in [0.4, 0.5) is 0 Å². The van der Waals surface area contributed by atoms with Gasteiger partial charge in [0, 0.05) is 32.0 Å². The Balaban J connectivity index is 1.56. The van der Waals surface area contributed by atoms with Crippen LogP contribution in [0.15, 0.2) is 48.8 Å². The van der Waals surface area contributed by atoms with E-state index in [0.29, 0.717) is 6.54 Å². The summed E-state index contributed by atoms with van der Waals surface area (Å²) in [7, 11) is 1.47. The molecule has 2 fully saturated rings. The van der Waals surface area contributed by atoms with Crippen molar-refractivity contribution in [3.8, 4) is 11.1 Å². The first kappa shape index (κ1) is 18.6. The van der Waals surface area contributed by atoms with Crippen LogP contribution in [-0.4, -0.2) is 77.2 Å². The number of hydrogen-bond donors (Lipinski definition) is 1. The molecular formula is C21H23N3O4. The van der Waals surface area contributed by atoms with E-state index in [-0.39, 0.29) is 49.6 Å². The summed E-state index contributed by atoms with van der Waals surface area (Å²) in [5, 5.41) is 9.86. The molecule has 1 aromatic carbocycles. The first-order valence-corrected chi connectivity index (χ1v) is 9.33. The number of piperazine rings is 1. The van der Waals surface area contributed by atoms with Crippen molar-refractivity contribution >= 4 is 11.8 Å². The number of benzene rings is 1. The maximum absolute atomic E-state index is 12.5. The van der Waals surface area contributed by atoms with Gasteiger partial charge < -0.3 is 19.6 Å². The number of aliphatic hydroxyl groups is 1. The van der Waals surface area contributed by atoms with Crippen molar-refractivity contribution < 1.29 is 19.4 Å². The molecule has 7 nitrogen and oxygen atoms in total. The molecule has 2 aliphatic heterocycles. The van der Waals surface area contributed by atoms with Crippen molar-refractivity contribution in [3.05, 3.63) is 54.4 Å². The zero-order chi connectivity index (χ0) is 19.7. The molecule has 0 saturated carbocycles. The quantitative estimate of drug-likeness (QED) is 0.832. The fourth-order valence-electron chi connectivity index (χ4n) is 4.34. The summed E-state index contributed by atoms with van der Waals surface area (Å²) in [6.07, 6.45) is 3.55. The molecule has 2 saturated heterocycles. The molecule has 146 valence electrons. The van der Waals surface area contributed by atoms with Crippen molar-refractivity contribution in [2.45, 2.75) is 18.0 Å². The lowest BCUT2D eigenvalue weighted by molar-refractivity contribution is -0.168. The van der Waals surface area contributed by atoms with Gasteiger partial charge in [0.05, 0.1) is 25.2 Å². The number of ether oxygens (including phenoxy) is 1. The molecule has 0 spiro atoms. The zero-order valence-corrected chi connectivity index (χ0v) is 15.7. The lowest BCUT2D eigenvalue weighted by Gasteiger charge is -2.58. The maximum atomic E-state index is 12.5. The van der Waals surface area contributed by atoms with Crippen LogP contribution in [-0.2, 0) is 14.3 Å². The highest BCUT2D eigenvalue weighted by Gasteiger charge is 2.54. The van der Waals surface area contributed by atoms with E-state index < -0.39 is 0 Å². The fraction of sp³-hybridized carbons (Fsp3) is 0.381. The Bertz CT molecular complexity index is 856.